The number of carbonyl (C=O) groups is 1. The third-order valence-electron chi connectivity index (χ3n) is 4.32. The van der Waals surface area contributed by atoms with Crippen LogP contribution in [0.1, 0.15) is 28.3 Å². The molecule has 2 aliphatic rings. The zero-order chi connectivity index (χ0) is 13.5. The van der Waals surface area contributed by atoms with Crippen LogP contribution >= 0.6 is 0 Å². The Labute approximate surface area is 111 Å². The van der Waals surface area contributed by atoms with Gasteiger partial charge in [-0.05, 0) is 24.1 Å². The molecular formula is C15H15NO3. The lowest BCUT2D eigenvalue weighted by Gasteiger charge is -2.58. The summed E-state index contributed by atoms with van der Waals surface area (Å²) in [6.07, 6.45) is 0.924. The van der Waals surface area contributed by atoms with Crippen molar-refractivity contribution >= 4 is 5.97 Å². The highest BCUT2D eigenvalue weighted by molar-refractivity contribution is 5.89. The van der Waals surface area contributed by atoms with Gasteiger partial charge in [-0.2, -0.15) is 5.26 Å². The fourth-order valence-electron chi connectivity index (χ4n) is 3.26. The molecule has 1 saturated carbocycles. The number of esters is 1. The third-order valence-corrected chi connectivity index (χ3v) is 4.32. The summed E-state index contributed by atoms with van der Waals surface area (Å²) in [6, 6.07) is 9.77. The Balaban J connectivity index is 1.85. The smallest absolute Gasteiger partial charge is 0.337 e. The van der Waals surface area contributed by atoms with Crippen molar-refractivity contribution in [1.29, 1.82) is 5.26 Å². The lowest BCUT2D eigenvalue weighted by Crippen LogP contribution is -2.57. The molecule has 4 nitrogen and oxygen atoms in total. The summed E-state index contributed by atoms with van der Waals surface area (Å²) in [5.74, 6) is -0.0375. The molecule has 1 saturated heterocycles. The van der Waals surface area contributed by atoms with Crippen molar-refractivity contribution in [3.05, 3.63) is 35.4 Å². The van der Waals surface area contributed by atoms with E-state index in [9.17, 15) is 10.1 Å². The standard InChI is InChI=1S/C15H15NO3/c1-18-14(17)11-4-2-10(3-5-11)13-12(7-16)6-15(13)8-19-9-15/h2-5,12-13H,6,8-9H2,1H3. The molecule has 0 amide bonds. The van der Waals surface area contributed by atoms with E-state index in [1.807, 2.05) is 12.1 Å². The van der Waals surface area contributed by atoms with E-state index >= 15 is 0 Å². The van der Waals surface area contributed by atoms with E-state index in [2.05, 4.69) is 10.8 Å². The maximum absolute atomic E-state index is 11.4. The monoisotopic (exact) mass is 257 g/mol. The quantitative estimate of drug-likeness (QED) is 0.761. The number of hydrogen-bond donors (Lipinski definition) is 0. The Morgan fingerprint density at radius 2 is 2.11 bits per heavy atom. The molecule has 0 aromatic heterocycles. The van der Waals surface area contributed by atoms with Crippen LogP contribution in [0, 0.1) is 22.7 Å². The first-order valence-corrected chi connectivity index (χ1v) is 6.36. The number of methoxy groups -OCH3 is 1. The predicted octanol–water partition coefficient (Wildman–Crippen LogP) is 2.12. The Kier molecular flexibility index (Phi) is 2.79. The maximum atomic E-state index is 11.4. The van der Waals surface area contributed by atoms with E-state index in [4.69, 9.17) is 4.74 Å². The second-order valence-corrected chi connectivity index (χ2v) is 5.39. The van der Waals surface area contributed by atoms with Gasteiger partial charge >= 0.3 is 5.97 Å². The molecule has 1 spiro atoms. The van der Waals surface area contributed by atoms with Gasteiger partial charge in [0.15, 0.2) is 0 Å². The summed E-state index contributed by atoms with van der Waals surface area (Å²) in [7, 11) is 1.37. The van der Waals surface area contributed by atoms with Gasteiger partial charge in [-0.3, -0.25) is 0 Å². The Morgan fingerprint density at radius 3 is 2.58 bits per heavy atom. The minimum atomic E-state index is -0.335. The highest BCUT2D eigenvalue weighted by Crippen LogP contribution is 2.60. The van der Waals surface area contributed by atoms with Crippen molar-refractivity contribution in [1.82, 2.24) is 0 Å². The second-order valence-electron chi connectivity index (χ2n) is 5.39. The Bertz CT molecular complexity index is 540. The molecule has 19 heavy (non-hydrogen) atoms. The lowest BCUT2D eigenvalue weighted by atomic mass is 9.51. The molecule has 2 atom stereocenters. The molecule has 0 bridgehead atoms. The first-order valence-electron chi connectivity index (χ1n) is 6.36. The molecule has 2 fully saturated rings. The van der Waals surface area contributed by atoms with Gasteiger partial charge in [0.2, 0.25) is 0 Å². The van der Waals surface area contributed by atoms with Gasteiger partial charge in [0.05, 0.1) is 37.9 Å². The van der Waals surface area contributed by atoms with Crippen LogP contribution in [0.25, 0.3) is 0 Å². The van der Waals surface area contributed by atoms with E-state index < -0.39 is 0 Å². The highest BCUT2D eigenvalue weighted by Gasteiger charge is 2.58. The molecule has 1 aromatic rings. The number of hydrogen-bond acceptors (Lipinski definition) is 4. The van der Waals surface area contributed by atoms with Crippen LogP contribution in [-0.4, -0.2) is 26.3 Å². The van der Waals surface area contributed by atoms with E-state index in [0.717, 1.165) is 25.2 Å². The molecule has 3 rings (SSSR count). The van der Waals surface area contributed by atoms with Crippen LogP contribution in [0.4, 0.5) is 0 Å². The topological polar surface area (TPSA) is 59.3 Å². The molecule has 1 aromatic carbocycles. The molecule has 98 valence electrons. The van der Waals surface area contributed by atoms with E-state index in [1.165, 1.54) is 7.11 Å². The van der Waals surface area contributed by atoms with Crippen molar-refractivity contribution in [2.75, 3.05) is 20.3 Å². The van der Waals surface area contributed by atoms with Crippen molar-refractivity contribution in [3.8, 4) is 6.07 Å². The van der Waals surface area contributed by atoms with Crippen LogP contribution in [0.5, 0.6) is 0 Å². The molecule has 1 aliphatic heterocycles. The van der Waals surface area contributed by atoms with Crippen LogP contribution in [0.15, 0.2) is 24.3 Å². The zero-order valence-corrected chi connectivity index (χ0v) is 10.8. The normalized spacial score (nSPS) is 26.9. The fourth-order valence-corrected chi connectivity index (χ4v) is 3.26. The highest BCUT2D eigenvalue weighted by atomic mass is 16.5. The average molecular weight is 257 g/mol. The van der Waals surface area contributed by atoms with E-state index in [0.29, 0.717) is 5.56 Å². The number of ether oxygens (including phenoxy) is 2. The first kappa shape index (κ1) is 12.2. The molecule has 0 N–H and O–H groups in total. The SMILES string of the molecule is COC(=O)c1ccc(C2C(C#N)CC23COC3)cc1. The zero-order valence-electron chi connectivity index (χ0n) is 10.8. The van der Waals surface area contributed by atoms with Crippen molar-refractivity contribution in [3.63, 3.8) is 0 Å². The molecule has 4 heteroatoms. The minimum Gasteiger partial charge on any atom is -0.465 e. The number of benzene rings is 1. The minimum absolute atomic E-state index is 0.0628. The maximum Gasteiger partial charge on any atom is 0.337 e. The van der Waals surface area contributed by atoms with E-state index in [1.54, 1.807) is 12.1 Å². The Hall–Kier alpha value is -1.86. The van der Waals surface area contributed by atoms with Gasteiger partial charge in [-0.1, -0.05) is 12.1 Å². The molecule has 1 heterocycles. The van der Waals surface area contributed by atoms with Crippen LogP contribution in [0.2, 0.25) is 0 Å². The fraction of sp³-hybridized carbons (Fsp3) is 0.467. The summed E-state index contributed by atoms with van der Waals surface area (Å²) >= 11 is 0. The Morgan fingerprint density at radius 1 is 1.42 bits per heavy atom. The van der Waals surface area contributed by atoms with Gasteiger partial charge in [0.25, 0.3) is 0 Å². The van der Waals surface area contributed by atoms with Crippen LogP contribution in [-0.2, 0) is 9.47 Å². The number of rotatable bonds is 2. The van der Waals surface area contributed by atoms with Crippen molar-refractivity contribution in [2.45, 2.75) is 12.3 Å². The molecule has 0 radical (unpaired) electrons. The number of carbonyl (C=O) groups excluding carboxylic acids is 1. The van der Waals surface area contributed by atoms with Crippen molar-refractivity contribution < 1.29 is 14.3 Å². The van der Waals surface area contributed by atoms with Crippen LogP contribution in [0.3, 0.4) is 0 Å². The number of nitriles is 1. The first-order chi connectivity index (χ1) is 9.20. The number of nitrogens with zero attached hydrogens (tertiary/aromatic N) is 1. The van der Waals surface area contributed by atoms with E-state index in [-0.39, 0.29) is 23.2 Å². The molecular weight excluding hydrogens is 242 g/mol. The summed E-state index contributed by atoms with van der Waals surface area (Å²) < 4.78 is 10.0. The average Bonchev–Trinajstić information content (AvgIpc) is 2.36. The summed E-state index contributed by atoms with van der Waals surface area (Å²) in [5, 5.41) is 9.19. The predicted molar refractivity (Wildman–Crippen MR) is 67.5 cm³/mol. The summed E-state index contributed by atoms with van der Waals surface area (Å²) in [5.41, 5.74) is 1.82. The second kappa shape index (κ2) is 4.36. The summed E-state index contributed by atoms with van der Waals surface area (Å²) in [6.45, 7) is 1.49. The lowest BCUT2D eigenvalue weighted by molar-refractivity contribution is -0.186. The van der Waals surface area contributed by atoms with Crippen molar-refractivity contribution in [2.24, 2.45) is 11.3 Å². The van der Waals surface area contributed by atoms with Crippen LogP contribution < -0.4 is 0 Å². The van der Waals surface area contributed by atoms with Gasteiger partial charge < -0.3 is 9.47 Å². The van der Waals surface area contributed by atoms with Gasteiger partial charge in [-0.15, -0.1) is 0 Å². The summed E-state index contributed by atoms with van der Waals surface area (Å²) in [4.78, 5) is 11.4. The van der Waals surface area contributed by atoms with Gasteiger partial charge in [-0.25, -0.2) is 4.79 Å². The van der Waals surface area contributed by atoms with Gasteiger partial charge in [0, 0.05) is 11.3 Å². The largest absolute Gasteiger partial charge is 0.465 e. The molecule has 2 unspecified atom stereocenters. The molecule has 1 aliphatic carbocycles. The van der Waals surface area contributed by atoms with Gasteiger partial charge in [0.1, 0.15) is 0 Å². The third kappa shape index (κ3) is 1.73.